The molecule has 1 aliphatic rings. The van der Waals surface area contributed by atoms with Crippen LogP contribution in [-0.2, 0) is 4.79 Å². The number of H-pyrrole nitrogens is 1. The number of nitrogens with one attached hydrogen (secondary N) is 1. The minimum absolute atomic E-state index is 0.0602. The summed E-state index contributed by atoms with van der Waals surface area (Å²) in [6.45, 7) is 4.06. The third-order valence-corrected chi connectivity index (χ3v) is 5.81. The molecular formula is C23H21ClN4O4. The molecule has 1 N–H and O–H groups in total. The number of amides is 2. The van der Waals surface area contributed by atoms with Gasteiger partial charge >= 0.3 is 0 Å². The van der Waals surface area contributed by atoms with Crippen LogP contribution in [0.15, 0.2) is 42.6 Å². The van der Waals surface area contributed by atoms with Crippen LogP contribution in [-0.4, -0.2) is 68.8 Å². The zero-order valence-electron chi connectivity index (χ0n) is 17.6. The summed E-state index contributed by atoms with van der Waals surface area (Å²) in [4.78, 5) is 60.8. The predicted molar refractivity (Wildman–Crippen MR) is 119 cm³/mol. The number of benzene rings is 1. The maximum atomic E-state index is 13.0. The van der Waals surface area contributed by atoms with Crippen molar-refractivity contribution in [3.63, 3.8) is 0 Å². The Morgan fingerprint density at radius 2 is 1.81 bits per heavy atom. The van der Waals surface area contributed by atoms with E-state index in [2.05, 4.69) is 9.97 Å². The van der Waals surface area contributed by atoms with Gasteiger partial charge in [-0.15, -0.1) is 0 Å². The molecule has 1 aromatic carbocycles. The number of ketones is 2. The van der Waals surface area contributed by atoms with Gasteiger partial charge in [0.2, 0.25) is 0 Å². The van der Waals surface area contributed by atoms with Gasteiger partial charge in [0.05, 0.1) is 11.1 Å². The third kappa shape index (κ3) is 3.89. The SMILES string of the molecule is CC(=O)c1cc(Cl)nc2c(C(=O)C(=O)N3CCN(C(=O)c4ccccc4)C[C@H]3C)c[nH]c12. The minimum Gasteiger partial charge on any atom is -0.358 e. The Balaban J connectivity index is 1.54. The number of hydrogen-bond acceptors (Lipinski definition) is 5. The second kappa shape index (κ2) is 8.55. The number of aromatic amines is 1. The Kier molecular flexibility index (Phi) is 5.80. The van der Waals surface area contributed by atoms with Crippen molar-refractivity contribution >= 4 is 46.0 Å². The fraction of sp³-hybridized carbons (Fsp3) is 0.261. The number of Topliss-reactive ketones (excluding diaryl/α,β-unsaturated/α-hetero) is 2. The Hall–Kier alpha value is -3.52. The second-order valence-corrected chi connectivity index (χ2v) is 8.16. The van der Waals surface area contributed by atoms with E-state index in [-0.39, 0.29) is 40.5 Å². The van der Waals surface area contributed by atoms with Crippen LogP contribution in [0.2, 0.25) is 5.15 Å². The molecule has 0 saturated carbocycles. The molecule has 1 saturated heterocycles. The molecule has 0 unspecified atom stereocenters. The van der Waals surface area contributed by atoms with Gasteiger partial charge in [0.15, 0.2) is 5.78 Å². The van der Waals surface area contributed by atoms with Crippen molar-refractivity contribution in [2.75, 3.05) is 19.6 Å². The van der Waals surface area contributed by atoms with Crippen molar-refractivity contribution in [3.05, 3.63) is 64.4 Å². The van der Waals surface area contributed by atoms with Gasteiger partial charge in [0.1, 0.15) is 10.7 Å². The van der Waals surface area contributed by atoms with Gasteiger partial charge in [-0.3, -0.25) is 19.2 Å². The highest BCUT2D eigenvalue weighted by molar-refractivity contribution is 6.45. The molecule has 2 amide bonds. The maximum absolute atomic E-state index is 13.0. The summed E-state index contributed by atoms with van der Waals surface area (Å²) >= 11 is 6.03. The summed E-state index contributed by atoms with van der Waals surface area (Å²) in [5, 5.41) is 0.0604. The number of halogens is 1. The first-order valence-corrected chi connectivity index (χ1v) is 10.5. The van der Waals surface area contributed by atoms with E-state index in [4.69, 9.17) is 11.6 Å². The normalized spacial score (nSPS) is 16.3. The van der Waals surface area contributed by atoms with Gasteiger partial charge in [-0.05, 0) is 32.0 Å². The standard InChI is InChI=1S/C23H21ClN4O4/c1-13-12-27(22(31)15-6-4-3-5-7-15)8-9-28(13)23(32)21(30)17-11-25-19-16(14(2)29)10-18(24)26-20(17)19/h3-7,10-11,13,25H,8-9,12H2,1-2H3/t13-/m1/s1. The molecular weight excluding hydrogens is 432 g/mol. The molecule has 3 aromatic rings. The van der Waals surface area contributed by atoms with Crippen LogP contribution in [0.5, 0.6) is 0 Å². The van der Waals surface area contributed by atoms with Crippen molar-refractivity contribution in [3.8, 4) is 0 Å². The van der Waals surface area contributed by atoms with Gasteiger partial charge in [0.25, 0.3) is 17.6 Å². The first-order chi connectivity index (χ1) is 15.3. The van der Waals surface area contributed by atoms with E-state index in [0.29, 0.717) is 29.7 Å². The van der Waals surface area contributed by atoms with E-state index in [1.807, 2.05) is 6.07 Å². The summed E-state index contributed by atoms with van der Waals surface area (Å²) in [5.74, 6) is -1.77. The lowest BCUT2D eigenvalue weighted by Gasteiger charge is -2.39. The van der Waals surface area contributed by atoms with Crippen LogP contribution >= 0.6 is 11.6 Å². The third-order valence-electron chi connectivity index (χ3n) is 5.62. The van der Waals surface area contributed by atoms with E-state index >= 15 is 0 Å². The predicted octanol–water partition coefficient (Wildman–Crippen LogP) is 2.97. The van der Waals surface area contributed by atoms with Gasteiger partial charge in [-0.1, -0.05) is 29.8 Å². The molecule has 32 heavy (non-hydrogen) atoms. The van der Waals surface area contributed by atoms with Crippen molar-refractivity contribution in [1.29, 1.82) is 0 Å². The average Bonchev–Trinajstić information content (AvgIpc) is 3.21. The highest BCUT2D eigenvalue weighted by Crippen LogP contribution is 2.25. The van der Waals surface area contributed by atoms with E-state index in [0.717, 1.165) is 0 Å². The molecule has 0 aliphatic carbocycles. The number of piperazine rings is 1. The number of carbonyl (C=O) groups is 4. The summed E-state index contributed by atoms with van der Waals surface area (Å²) < 4.78 is 0. The molecule has 0 spiro atoms. The quantitative estimate of drug-likeness (QED) is 0.372. The summed E-state index contributed by atoms with van der Waals surface area (Å²) in [6, 6.07) is 10.0. The van der Waals surface area contributed by atoms with Gasteiger partial charge in [0, 0.05) is 43.0 Å². The fourth-order valence-corrected chi connectivity index (χ4v) is 4.16. The Morgan fingerprint density at radius 3 is 2.47 bits per heavy atom. The molecule has 2 aromatic heterocycles. The largest absolute Gasteiger partial charge is 0.358 e. The second-order valence-electron chi connectivity index (χ2n) is 7.77. The Bertz CT molecular complexity index is 1240. The maximum Gasteiger partial charge on any atom is 0.295 e. The van der Waals surface area contributed by atoms with Crippen LogP contribution in [0.3, 0.4) is 0 Å². The highest BCUT2D eigenvalue weighted by atomic mass is 35.5. The molecule has 1 fully saturated rings. The topological polar surface area (TPSA) is 103 Å². The van der Waals surface area contributed by atoms with Crippen LogP contribution < -0.4 is 0 Å². The van der Waals surface area contributed by atoms with Gasteiger partial charge in [-0.25, -0.2) is 4.98 Å². The van der Waals surface area contributed by atoms with Crippen LogP contribution in [0, 0.1) is 0 Å². The van der Waals surface area contributed by atoms with Crippen molar-refractivity contribution < 1.29 is 19.2 Å². The monoisotopic (exact) mass is 452 g/mol. The highest BCUT2D eigenvalue weighted by Gasteiger charge is 2.34. The molecule has 1 aliphatic heterocycles. The average molecular weight is 453 g/mol. The molecule has 0 bridgehead atoms. The number of aromatic nitrogens is 2. The zero-order chi connectivity index (χ0) is 23.0. The smallest absolute Gasteiger partial charge is 0.295 e. The zero-order valence-corrected chi connectivity index (χ0v) is 18.3. The first kappa shape index (κ1) is 21.7. The van der Waals surface area contributed by atoms with Gasteiger partial charge < -0.3 is 14.8 Å². The number of rotatable bonds is 4. The number of nitrogens with zero attached hydrogens (tertiary/aromatic N) is 3. The lowest BCUT2D eigenvalue weighted by molar-refractivity contribution is -0.130. The van der Waals surface area contributed by atoms with E-state index in [1.54, 1.807) is 36.1 Å². The molecule has 164 valence electrons. The van der Waals surface area contributed by atoms with E-state index in [1.165, 1.54) is 24.1 Å². The molecule has 1 atom stereocenters. The summed E-state index contributed by atoms with van der Waals surface area (Å²) in [7, 11) is 0. The lowest BCUT2D eigenvalue weighted by atomic mass is 10.1. The van der Waals surface area contributed by atoms with Crippen LogP contribution in [0.25, 0.3) is 11.0 Å². The number of fused-ring (bicyclic) bond motifs is 1. The van der Waals surface area contributed by atoms with E-state index < -0.39 is 11.7 Å². The summed E-state index contributed by atoms with van der Waals surface area (Å²) in [6.07, 6.45) is 1.38. The first-order valence-electron chi connectivity index (χ1n) is 10.2. The lowest BCUT2D eigenvalue weighted by Crippen LogP contribution is -2.56. The molecule has 9 heteroatoms. The van der Waals surface area contributed by atoms with Gasteiger partial charge in [-0.2, -0.15) is 0 Å². The minimum atomic E-state index is -0.741. The van der Waals surface area contributed by atoms with Crippen LogP contribution in [0.4, 0.5) is 0 Å². The summed E-state index contributed by atoms with van der Waals surface area (Å²) in [5.41, 5.74) is 1.49. The Morgan fingerprint density at radius 1 is 1.09 bits per heavy atom. The Labute approximate surface area is 189 Å². The van der Waals surface area contributed by atoms with Crippen molar-refractivity contribution in [1.82, 2.24) is 19.8 Å². The molecule has 4 rings (SSSR count). The number of hydrogen-bond donors (Lipinski definition) is 1. The fourth-order valence-electron chi connectivity index (χ4n) is 3.97. The van der Waals surface area contributed by atoms with Crippen molar-refractivity contribution in [2.24, 2.45) is 0 Å². The molecule has 8 nitrogen and oxygen atoms in total. The van der Waals surface area contributed by atoms with Crippen LogP contribution in [0.1, 0.15) is 44.9 Å². The van der Waals surface area contributed by atoms with Crippen molar-refractivity contribution in [2.45, 2.75) is 19.9 Å². The molecule has 0 radical (unpaired) electrons. The number of pyridine rings is 1. The van der Waals surface area contributed by atoms with E-state index in [9.17, 15) is 19.2 Å². The number of carbonyl (C=O) groups excluding carboxylic acids is 4. The molecule has 3 heterocycles.